The average molecular weight is 293 g/mol. The minimum absolute atomic E-state index is 0.558. The highest BCUT2D eigenvalue weighted by Gasteiger charge is 2.13. The molecule has 1 N–H and O–H groups in total. The molecule has 0 aliphatic rings. The molecule has 22 heavy (non-hydrogen) atoms. The number of para-hydroxylation sites is 2. The zero-order valence-corrected chi connectivity index (χ0v) is 12.2. The van der Waals surface area contributed by atoms with Gasteiger partial charge in [-0.25, -0.2) is 4.98 Å². The minimum atomic E-state index is 0.558. The van der Waals surface area contributed by atoms with Gasteiger partial charge in [0.2, 0.25) is 5.65 Å². The molecule has 0 aliphatic carbocycles. The van der Waals surface area contributed by atoms with Crippen LogP contribution in [0.1, 0.15) is 18.5 Å². The average Bonchev–Trinajstić information content (AvgIpc) is 3.22. The molecule has 4 aromatic rings. The SMILES string of the molecule is CCc1nnc2c(NCc3ccco3)nc3ccccc3n12. The van der Waals surface area contributed by atoms with Crippen molar-refractivity contribution in [1.82, 2.24) is 19.6 Å². The van der Waals surface area contributed by atoms with Gasteiger partial charge >= 0.3 is 0 Å². The molecule has 0 saturated heterocycles. The number of anilines is 1. The van der Waals surface area contributed by atoms with Crippen LogP contribution in [0, 0.1) is 0 Å². The Kier molecular flexibility index (Phi) is 3.00. The largest absolute Gasteiger partial charge is 0.467 e. The van der Waals surface area contributed by atoms with Crippen LogP contribution >= 0.6 is 0 Å². The molecule has 3 heterocycles. The van der Waals surface area contributed by atoms with Crippen molar-refractivity contribution in [2.24, 2.45) is 0 Å². The van der Waals surface area contributed by atoms with Crippen molar-refractivity contribution in [3.8, 4) is 0 Å². The maximum atomic E-state index is 5.35. The Labute approximate surface area is 126 Å². The first-order valence-corrected chi connectivity index (χ1v) is 7.26. The second kappa shape index (κ2) is 5.14. The van der Waals surface area contributed by atoms with E-state index in [0.717, 1.165) is 34.7 Å². The molecule has 6 nitrogen and oxygen atoms in total. The molecule has 1 aromatic carbocycles. The fourth-order valence-electron chi connectivity index (χ4n) is 2.57. The van der Waals surface area contributed by atoms with Gasteiger partial charge in [0, 0.05) is 6.42 Å². The van der Waals surface area contributed by atoms with Gasteiger partial charge in [0.1, 0.15) is 11.6 Å². The fraction of sp³-hybridized carbons (Fsp3) is 0.188. The molecule has 0 radical (unpaired) electrons. The molecule has 0 amide bonds. The number of rotatable bonds is 4. The van der Waals surface area contributed by atoms with E-state index in [2.05, 4.69) is 31.8 Å². The first-order valence-electron chi connectivity index (χ1n) is 7.26. The van der Waals surface area contributed by atoms with E-state index in [1.165, 1.54) is 0 Å². The van der Waals surface area contributed by atoms with E-state index < -0.39 is 0 Å². The number of nitrogens with zero attached hydrogens (tertiary/aromatic N) is 4. The van der Waals surface area contributed by atoms with Crippen molar-refractivity contribution < 1.29 is 4.42 Å². The van der Waals surface area contributed by atoms with E-state index >= 15 is 0 Å². The first-order chi connectivity index (χ1) is 10.9. The zero-order valence-electron chi connectivity index (χ0n) is 12.2. The van der Waals surface area contributed by atoms with E-state index in [1.807, 2.05) is 36.4 Å². The van der Waals surface area contributed by atoms with Gasteiger partial charge in [-0.3, -0.25) is 4.40 Å². The Morgan fingerprint density at radius 3 is 2.86 bits per heavy atom. The van der Waals surface area contributed by atoms with Gasteiger partial charge in [0.15, 0.2) is 5.82 Å². The van der Waals surface area contributed by atoms with Crippen molar-refractivity contribution in [1.29, 1.82) is 0 Å². The van der Waals surface area contributed by atoms with Gasteiger partial charge in [-0.05, 0) is 24.3 Å². The highest BCUT2D eigenvalue weighted by atomic mass is 16.3. The Balaban J connectivity index is 1.87. The highest BCUT2D eigenvalue weighted by molar-refractivity contribution is 5.82. The van der Waals surface area contributed by atoms with Gasteiger partial charge in [0.25, 0.3) is 0 Å². The molecule has 0 aliphatic heterocycles. The van der Waals surface area contributed by atoms with Crippen LogP contribution in [0.3, 0.4) is 0 Å². The second-order valence-electron chi connectivity index (χ2n) is 5.01. The van der Waals surface area contributed by atoms with E-state index in [4.69, 9.17) is 4.42 Å². The van der Waals surface area contributed by atoms with E-state index in [0.29, 0.717) is 12.4 Å². The summed E-state index contributed by atoms with van der Waals surface area (Å²) in [6, 6.07) is 11.8. The monoisotopic (exact) mass is 293 g/mol. The predicted octanol–water partition coefficient (Wildman–Crippen LogP) is 3.05. The molecule has 4 rings (SSSR count). The summed E-state index contributed by atoms with van der Waals surface area (Å²) in [6.45, 7) is 2.63. The third-order valence-corrected chi connectivity index (χ3v) is 3.62. The maximum Gasteiger partial charge on any atom is 0.204 e. The minimum Gasteiger partial charge on any atom is -0.467 e. The van der Waals surface area contributed by atoms with Crippen LogP contribution in [0.5, 0.6) is 0 Å². The highest BCUT2D eigenvalue weighted by Crippen LogP contribution is 2.22. The van der Waals surface area contributed by atoms with Crippen molar-refractivity contribution in [3.05, 3.63) is 54.2 Å². The number of furan rings is 1. The summed E-state index contributed by atoms with van der Waals surface area (Å²) in [5, 5.41) is 11.9. The van der Waals surface area contributed by atoms with Crippen molar-refractivity contribution in [3.63, 3.8) is 0 Å². The number of aromatic nitrogens is 4. The molecule has 0 unspecified atom stereocenters. The summed E-state index contributed by atoms with van der Waals surface area (Å²) >= 11 is 0. The summed E-state index contributed by atoms with van der Waals surface area (Å²) < 4.78 is 7.41. The summed E-state index contributed by atoms with van der Waals surface area (Å²) in [5.74, 6) is 2.49. The van der Waals surface area contributed by atoms with Crippen LogP contribution in [-0.2, 0) is 13.0 Å². The fourth-order valence-corrected chi connectivity index (χ4v) is 2.57. The van der Waals surface area contributed by atoms with Gasteiger partial charge < -0.3 is 9.73 Å². The molecule has 0 saturated carbocycles. The predicted molar refractivity (Wildman–Crippen MR) is 83.7 cm³/mol. The first kappa shape index (κ1) is 12.8. The van der Waals surface area contributed by atoms with Crippen LogP contribution in [0.25, 0.3) is 16.7 Å². The third kappa shape index (κ3) is 2.00. The lowest BCUT2D eigenvalue weighted by Gasteiger charge is -2.09. The van der Waals surface area contributed by atoms with Crippen LogP contribution in [0.2, 0.25) is 0 Å². The zero-order chi connectivity index (χ0) is 14.9. The van der Waals surface area contributed by atoms with Crippen LogP contribution in [-0.4, -0.2) is 19.6 Å². The Hall–Kier alpha value is -2.89. The number of aryl methyl sites for hydroxylation is 1. The Morgan fingerprint density at radius 2 is 2.05 bits per heavy atom. The lowest BCUT2D eigenvalue weighted by atomic mass is 10.3. The Bertz CT molecular complexity index is 926. The van der Waals surface area contributed by atoms with Gasteiger partial charge in [0.05, 0.1) is 23.8 Å². The number of hydrogen-bond donors (Lipinski definition) is 1. The molecular formula is C16H15N5O. The van der Waals surface area contributed by atoms with Crippen molar-refractivity contribution in [2.75, 3.05) is 5.32 Å². The normalized spacial score (nSPS) is 11.3. The van der Waals surface area contributed by atoms with Crippen LogP contribution < -0.4 is 5.32 Å². The lowest BCUT2D eigenvalue weighted by molar-refractivity contribution is 0.518. The van der Waals surface area contributed by atoms with E-state index in [1.54, 1.807) is 6.26 Å². The molecule has 0 bridgehead atoms. The summed E-state index contributed by atoms with van der Waals surface area (Å²) in [5.41, 5.74) is 2.66. The van der Waals surface area contributed by atoms with Gasteiger partial charge in [-0.2, -0.15) is 0 Å². The van der Waals surface area contributed by atoms with Gasteiger partial charge in [-0.15, -0.1) is 10.2 Å². The molecule has 0 atom stereocenters. The maximum absolute atomic E-state index is 5.35. The summed E-state index contributed by atoms with van der Waals surface area (Å²) in [4.78, 5) is 4.67. The Morgan fingerprint density at radius 1 is 1.14 bits per heavy atom. The topological polar surface area (TPSA) is 68.2 Å². The van der Waals surface area contributed by atoms with Crippen molar-refractivity contribution in [2.45, 2.75) is 19.9 Å². The number of fused-ring (bicyclic) bond motifs is 3. The number of hydrogen-bond acceptors (Lipinski definition) is 5. The molecule has 3 aromatic heterocycles. The van der Waals surface area contributed by atoms with E-state index in [-0.39, 0.29) is 0 Å². The molecule has 6 heteroatoms. The second-order valence-corrected chi connectivity index (χ2v) is 5.01. The quantitative estimate of drug-likeness (QED) is 0.626. The molecule has 0 fully saturated rings. The van der Waals surface area contributed by atoms with Crippen LogP contribution in [0.15, 0.2) is 47.1 Å². The molecule has 110 valence electrons. The van der Waals surface area contributed by atoms with Crippen molar-refractivity contribution >= 4 is 22.5 Å². The van der Waals surface area contributed by atoms with Gasteiger partial charge in [-0.1, -0.05) is 19.1 Å². The summed E-state index contributed by atoms with van der Waals surface area (Å²) in [6.07, 6.45) is 2.47. The molecular weight excluding hydrogens is 278 g/mol. The van der Waals surface area contributed by atoms with Crippen LogP contribution in [0.4, 0.5) is 5.82 Å². The van der Waals surface area contributed by atoms with E-state index in [9.17, 15) is 0 Å². The number of benzene rings is 1. The smallest absolute Gasteiger partial charge is 0.204 e. The summed E-state index contributed by atoms with van der Waals surface area (Å²) in [7, 11) is 0. The number of nitrogens with one attached hydrogen (secondary N) is 1. The molecule has 0 spiro atoms. The third-order valence-electron chi connectivity index (χ3n) is 3.62. The standard InChI is InChI=1S/C16H15N5O/c1-2-14-19-20-16-15(17-10-11-6-5-9-22-11)18-12-7-3-4-8-13(12)21(14)16/h3-9H,2,10H2,1H3,(H,17,18). The lowest BCUT2D eigenvalue weighted by Crippen LogP contribution is -2.05.